The molecule has 0 saturated heterocycles. The quantitative estimate of drug-likeness (QED) is 0.777. The fourth-order valence-electron chi connectivity index (χ4n) is 4.47. The van der Waals surface area contributed by atoms with Crippen LogP contribution in [0.2, 0.25) is 5.02 Å². The van der Waals surface area contributed by atoms with Crippen molar-refractivity contribution >= 4 is 28.5 Å². The second-order valence-electron chi connectivity index (χ2n) is 7.93. The minimum atomic E-state index is -0.142. The number of carbonyl (C=O) groups excluding carboxylic acids is 1. The van der Waals surface area contributed by atoms with Crippen LogP contribution in [0.5, 0.6) is 0 Å². The third kappa shape index (κ3) is 3.05. The molecule has 0 N–H and O–H groups in total. The molecule has 0 spiro atoms. The van der Waals surface area contributed by atoms with Gasteiger partial charge in [-0.1, -0.05) is 44.7 Å². The molecule has 1 aromatic heterocycles. The molecule has 0 bridgehead atoms. The topological polar surface area (TPSA) is 38.1 Å². The van der Waals surface area contributed by atoms with Gasteiger partial charge in [-0.15, -0.1) is 0 Å². The maximum absolute atomic E-state index is 13.4. The van der Waals surface area contributed by atoms with Crippen molar-refractivity contribution in [3.05, 3.63) is 29.0 Å². The summed E-state index contributed by atoms with van der Waals surface area (Å²) in [5, 5.41) is 0.693. The zero-order chi connectivity index (χ0) is 17.6. The van der Waals surface area contributed by atoms with Crippen LogP contribution in [0.15, 0.2) is 18.2 Å². The Hall–Kier alpha value is -1.55. The highest BCUT2D eigenvalue weighted by Gasteiger charge is 2.38. The molecule has 1 aliphatic heterocycles. The van der Waals surface area contributed by atoms with Gasteiger partial charge in [0.15, 0.2) is 0 Å². The maximum atomic E-state index is 13.4. The van der Waals surface area contributed by atoms with Crippen LogP contribution in [0.25, 0.3) is 11.0 Å². The predicted octanol–water partition coefficient (Wildman–Crippen LogP) is 4.95. The third-order valence-corrected chi connectivity index (χ3v) is 5.86. The molecule has 4 rings (SSSR count). The number of rotatable bonds is 3. The average molecular weight is 360 g/mol. The maximum Gasteiger partial charge on any atom is 0.246 e. The molecular weight excluding hydrogens is 334 g/mol. The molecule has 1 fully saturated rings. The number of amides is 1. The number of fused-ring (bicyclic) bond motifs is 3. The van der Waals surface area contributed by atoms with E-state index in [1.54, 1.807) is 0 Å². The van der Waals surface area contributed by atoms with Gasteiger partial charge in [0.1, 0.15) is 11.9 Å². The molecule has 1 aromatic carbocycles. The Morgan fingerprint density at radius 3 is 2.72 bits per heavy atom. The summed E-state index contributed by atoms with van der Waals surface area (Å²) in [6, 6.07) is 6.04. The zero-order valence-electron chi connectivity index (χ0n) is 15.0. The Morgan fingerprint density at radius 2 is 2.00 bits per heavy atom. The molecule has 1 saturated carbocycles. The summed E-state index contributed by atoms with van der Waals surface area (Å²) in [5.74, 6) is 1.74. The monoisotopic (exact) mass is 359 g/mol. The fourth-order valence-corrected chi connectivity index (χ4v) is 4.63. The van der Waals surface area contributed by atoms with Gasteiger partial charge in [0.25, 0.3) is 0 Å². The molecule has 1 atom stereocenters. The summed E-state index contributed by atoms with van der Waals surface area (Å²) in [6.07, 6.45) is 6.87. The molecule has 1 aliphatic carbocycles. The molecule has 1 unspecified atom stereocenters. The number of nitrogens with zero attached hydrogens (tertiary/aromatic N) is 3. The van der Waals surface area contributed by atoms with Gasteiger partial charge >= 0.3 is 0 Å². The lowest BCUT2D eigenvalue weighted by atomic mass is 9.92. The van der Waals surface area contributed by atoms with Gasteiger partial charge in [0.2, 0.25) is 5.91 Å². The van der Waals surface area contributed by atoms with Crippen LogP contribution in [-0.4, -0.2) is 26.4 Å². The molecule has 1 amide bonds. The van der Waals surface area contributed by atoms with E-state index in [4.69, 9.17) is 16.6 Å². The number of imidazole rings is 1. The highest BCUT2D eigenvalue weighted by molar-refractivity contribution is 6.31. The molecule has 2 aromatic rings. The van der Waals surface area contributed by atoms with Crippen molar-refractivity contribution in [3.63, 3.8) is 0 Å². The highest BCUT2D eigenvalue weighted by atomic mass is 35.5. The van der Waals surface area contributed by atoms with Crippen LogP contribution < -0.4 is 0 Å². The molecule has 5 heteroatoms. The van der Waals surface area contributed by atoms with Crippen molar-refractivity contribution in [1.82, 2.24) is 14.5 Å². The standard InChI is InChI=1S/C20H26ClN3O/c1-13(2)10-18-20(25)23(15-6-4-3-5-7-15)12-19-22-16-11-14(21)8-9-17(16)24(18)19/h8-9,11,13,15,18H,3-7,10,12H2,1-2H3. The van der Waals surface area contributed by atoms with Gasteiger partial charge in [0, 0.05) is 11.1 Å². The van der Waals surface area contributed by atoms with Gasteiger partial charge in [-0.25, -0.2) is 4.98 Å². The van der Waals surface area contributed by atoms with E-state index in [9.17, 15) is 4.79 Å². The van der Waals surface area contributed by atoms with Crippen LogP contribution in [-0.2, 0) is 11.3 Å². The SMILES string of the molecule is CC(C)CC1C(=O)N(C2CCCCC2)Cc2nc3cc(Cl)ccc3n21. The van der Waals surface area contributed by atoms with Crippen molar-refractivity contribution in [3.8, 4) is 0 Å². The van der Waals surface area contributed by atoms with Crippen molar-refractivity contribution in [1.29, 1.82) is 0 Å². The van der Waals surface area contributed by atoms with E-state index in [-0.39, 0.29) is 11.9 Å². The Morgan fingerprint density at radius 1 is 1.24 bits per heavy atom. The van der Waals surface area contributed by atoms with E-state index in [1.165, 1.54) is 19.3 Å². The molecule has 134 valence electrons. The largest absolute Gasteiger partial charge is 0.330 e. The first-order valence-electron chi connectivity index (χ1n) is 9.51. The summed E-state index contributed by atoms with van der Waals surface area (Å²) in [5.41, 5.74) is 1.93. The Balaban J connectivity index is 1.78. The first kappa shape index (κ1) is 16.9. The second-order valence-corrected chi connectivity index (χ2v) is 8.37. The number of benzene rings is 1. The Kier molecular flexibility index (Phi) is 4.48. The van der Waals surface area contributed by atoms with Crippen LogP contribution >= 0.6 is 11.6 Å². The second kappa shape index (κ2) is 6.64. The Bertz CT molecular complexity index is 792. The van der Waals surface area contributed by atoms with Crippen molar-refractivity contribution in [2.75, 3.05) is 0 Å². The average Bonchev–Trinajstić information content (AvgIpc) is 2.94. The number of hydrogen-bond acceptors (Lipinski definition) is 2. The molecule has 25 heavy (non-hydrogen) atoms. The van der Waals surface area contributed by atoms with Gasteiger partial charge < -0.3 is 9.47 Å². The summed E-state index contributed by atoms with van der Waals surface area (Å²) in [7, 11) is 0. The van der Waals surface area contributed by atoms with E-state index in [0.717, 1.165) is 36.1 Å². The predicted molar refractivity (Wildman–Crippen MR) is 101 cm³/mol. The highest BCUT2D eigenvalue weighted by Crippen LogP contribution is 2.36. The lowest BCUT2D eigenvalue weighted by Gasteiger charge is -2.40. The van der Waals surface area contributed by atoms with Crippen LogP contribution in [0.3, 0.4) is 0 Å². The number of aromatic nitrogens is 2. The van der Waals surface area contributed by atoms with E-state index in [2.05, 4.69) is 23.3 Å². The Labute approximate surface area is 154 Å². The fraction of sp³-hybridized carbons (Fsp3) is 0.600. The molecule has 2 aliphatic rings. The molecule has 2 heterocycles. The molecule has 0 radical (unpaired) electrons. The van der Waals surface area contributed by atoms with Crippen LogP contribution in [0, 0.1) is 5.92 Å². The number of hydrogen-bond donors (Lipinski definition) is 0. The number of carbonyl (C=O) groups is 1. The molecular formula is C20H26ClN3O. The summed E-state index contributed by atoms with van der Waals surface area (Å²) >= 11 is 6.16. The van der Waals surface area contributed by atoms with Crippen molar-refractivity contribution < 1.29 is 4.79 Å². The minimum absolute atomic E-state index is 0.142. The summed E-state index contributed by atoms with van der Waals surface area (Å²) in [6.45, 7) is 5.00. The van der Waals surface area contributed by atoms with Crippen LogP contribution in [0.1, 0.15) is 64.2 Å². The van der Waals surface area contributed by atoms with Gasteiger partial charge in [0.05, 0.1) is 17.6 Å². The lowest BCUT2D eigenvalue weighted by Crippen LogP contribution is -2.48. The van der Waals surface area contributed by atoms with Gasteiger partial charge in [-0.2, -0.15) is 0 Å². The van der Waals surface area contributed by atoms with E-state index in [0.29, 0.717) is 23.5 Å². The summed E-state index contributed by atoms with van der Waals surface area (Å²) < 4.78 is 2.17. The molecule has 4 nitrogen and oxygen atoms in total. The first-order valence-corrected chi connectivity index (χ1v) is 9.89. The van der Waals surface area contributed by atoms with Crippen LogP contribution in [0.4, 0.5) is 0 Å². The van der Waals surface area contributed by atoms with E-state index >= 15 is 0 Å². The van der Waals surface area contributed by atoms with Gasteiger partial charge in [-0.3, -0.25) is 4.79 Å². The first-order chi connectivity index (χ1) is 12.0. The third-order valence-electron chi connectivity index (χ3n) is 5.63. The van der Waals surface area contributed by atoms with Crippen molar-refractivity contribution in [2.45, 2.75) is 71.0 Å². The summed E-state index contributed by atoms with van der Waals surface area (Å²) in [4.78, 5) is 20.3. The van der Waals surface area contributed by atoms with Gasteiger partial charge in [-0.05, 0) is 43.4 Å². The smallest absolute Gasteiger partial charge is 0.246 e. The zero-order valence-corrected chi connectivity index (χ0v) is 15.8. The van der Waals surface area contributed by atoms with E-state index in [1.807, 2.05) is 18.2 Å². The number of halogens is 1. The minimum Gasteiger partial charge on any atom is -0.330 e. The lowest BCUT2D eigenvalue weighted by molar-refractivity contribution is -0.141. The normalized spacial score (nSPS) is 22.0. The van der Waals surface area contributed by atoms with E-state index < -0.39 is 0 Å². The van der Waals surface area contributed by atoms with Crippen molar-refractivity contribution in [2.24, 2.45) is 5.92 Å².